The average Bonchev–Trinajstić information content (AvgIpc) is 3.09. The van der Waals surface area contributed by atoms with Crippen LogP contribution in [0.4, 0.5) is 0 Å². The van der Waals surface area contributed by atoms with E-state index in [1.165, 1.54) is 24.8 Å². The summed E-state index contributed by atoms with van der Waals surface area (Å²) in [6, 6.07) is 9.10. The summed E-state index contributed by atoms with van der Waals surface area (Å²) < 4.78 is 0. The molecule has 2 rings (SSSR count). The van der Waals surface area contributed by atoms with E-state index in [1.54, 1.807) is 0 Å². The summed E-state index contributed by atoms with van der Waals surface area (Å²) in [6.07, 6.45) is 5.15. The molecule has 1 aliphatic rings. The van der Waals surface area contributed by atoms with Gasteiger partial charge in [-0.1, -0.05) is 37.6 Å². The summed E-state index contributed by atoms with van der Waals surface area (Å²) in [5.74, 6) is 1.49. The van der Waals surface area contributed by atoms with Crippen LogP contribution in [0.1, 0.15) is 38.7 Å². The molecule has 1 unspecified atom stereocenters. The highest BCUT2D eigenvalue weighted by molar-refractivity contribution is 6.30. The SMILES string of the molecule is CC(C)CC(CNC1CC1)Cc1cccc(Cl)c1. The molecule has 0 aliphatic heterocycles. The lowest BCUT2D eigenvalue weighted by Gasteiger charge is -2.20. The molecule has 1 aromatic rings. The summed E-state index contributed by atoms with van der Waals surface area (Å²) in [7, 11) is 0. The van der Waals surface area contributed by atoms with Crippen molar-refractivity contribution in [3.8, 4) is 0 Å². The quantitative estimate of drug-likeness (QED) is 0.775. The fourth-order valence-electron chi connectivity index (χ4n) is 2.52. The van der Waals surface area contributed by atoms with Crippen LogP contribution in [0.2, 0.25) is 5.02 Å². The second-order valence-electron chi connectivity index (χ2n) is 6.01. The van der Waals surface area contributed by atoms with Crippen LogP contribution >= 0.6 is 11.6 Å². The van der Waals surface area contributed by atoms with Crippen LogP contribution in [0.5, 0.6) is 0 Å². The summed E-state index contributed by atoms with van der Waals surface area (Å²) in [4.78, 5) is 0. The Bertz CT molecular complexity index is 371. The molecule has 1 atom stereocenters. The van der Waals surface area contributed by atoms with Gasteiger partial charge in [0.2, 0.25) is 0 Å². The maximum absolute atomic E-state index is 6.06. The standard InChI is InChI=1S/C16H24ClN/c1-12(2)8-14(11-18-16-6-7-16)9-13-4-3-5-15(17)10-13/h3-5,10,12,14,16,18H,6-9,11H2,1-2H3. The molecule has 1 saturated carbocycles. The smallest absolute Gasteiger partial charge is 0.0408 e. The Kier molecular flexibility index (Phi) is 5.08. The average molecular weight is 266 g/mol. The van der Waals surface area contributed by atoms with Gasteiger partial charge in [0, 0.05) is 11.1 Å². The molecule has 1 fully saturated rings. The van der Waals surface area contributed by atoms with E-state index in [1.807, 2.05) is 6.07 Å². The molecule has 1 aromatic carbocycles. The summed E-state index contributed by atoms with van der Waals surface area (Å²) in [5, 5.41) is 4.52. The Hall–Kier alpha value is -0.530. The van der Waals surface area contributed by atoms with E-state index < -0.39 is 0 Å². The zero-order chi connectivity index (χ0) is 13.0. The van der Waals surface area contributed by atoms with Crippen molar-refractivity contribution in [2.75, 3.05) is 6.54 Å². The highest BCUT2D eigenvalue weighted by Gasteiger charge is 2.22. The predicted molar refractivity (Wildman–Crippen MR) is 79.1 cm³/mol. The highest BCUT2D eigenvalue weighted by atomic mass is 35.5. The fraction of sp³-hybridized carbons (Fsp3) is 0.625. The molecular formula is C16H24ClN. The molecule has 1 aliphatic carbocycles. The number of rotatable bonds is 7. The lowest BCUT2D eigenvalue weighted by Crippen LogP contribution is -2.27. The van der Waals surface area contributed by atoms with Crippen molar-refractivity contribution in [1.29, 1.82) is 0 Å². The second kappa shape index (κ2) is 6.58. The van der Waals surface area contributed by atoms with Crippen molar-refractivity contribution >= 4 is 11.6 Å². The van der Waals surface area contributed by atoms with E-state index in [0.29, 0.717) is 0 Å². The molecule has 0 amide bonds. The normalized spacial score (nSPS) is 17.1. The van der Waals surface area contributed by atoms with Gasteiger partial charge in [-0.15, -0.1) is 0 Å². The highest BCUT2D eigenvalue weighted by Crippen LogP contribution is 2.22. The molecule has 0 radical (unpaired) electrons. The molecule has 0 aromatic heterocycles. The third-order valence-electron chi connectivity index (χ3n) is 3.49. The first-order chi connectivity index (χ1) is 8.63. The number of halogens is 1. The lowest BCUT2D eigenvalue weighted by molar-refractivity contribution is 0.384. The van der Waals surface area contributed by atoms with Crippen molar-refractivity contribution < 1.29 is 0 Å². The first-order valence-corrected chi connectivity index (χ1v) is 7.49. The van der Waals surface area contributed by atoms with Crippen molar-refractivity contribution in [3.63, 3.8) is 0 Å². The van der Waals surface area contributed by atoms with Gasteiger partial charge in [-0.05, 0) is 61.8 Å². The molecule has 2 heteroatoms. The van der Waals surface area contributed by atoms with Gasteiger partial charge in [0.15, 0.2) is 0 Å². The predicted octanol–water partition coefficient (Wildman–Crippen LogP) is 4.30. The topological polar surface area (TPSA) is 12.0 Å². The van der Waals surface area contributed by atoms with Crippen LogP contribution < -0.4 is 5.32 Å². The van der Waals surface area contributed by atoms with Crippen molar-refractivity contribution in [1.82, 2.24) is 5.32 Å². The van der Waals surface area contributed by atoms with Crippen LogP contribution in [0.15, 0.2) is 24.3 Å². The van der Waals surface area contributed by atoms with Crippen LogP contribution in [-0.2, 0) is 6.42 Å². The Morgan fingerprint density at radius 1 is 1.33 bits per heavy atom. The van der Waals surface area contributed by atoms with Gasteiger partial charge in [-0.3, -0.25) is 0 Å². The molecule has 100 valence electrons. The van der Waals surface area contributed by atoms with E-state index in [-0.39, 0.29) is 0 Å². The first-order valence-electron chi connectivity index (χ1n) is 7.11. The zero-order valence-electron chi connectivity index (χ0n) is 11.5. The Morgan fingerprint density at radius 2 is 2.11 bits per heavy atom. The van der Waals surface area contributed by atoms with Gasteiger partial charge in [-0.25, -0.2) is 0 Å². The minimum atomic E-state index is 0.726. The molecule has 0 spiro atoms. The lowest BCUT2D eigenvalue weighted by atomic mass is 9.91. The van der Waals surface area contributed by atoms with Gasteiger partial charge in [-0.2, -0.15) is 0 Å². The van der Waals surface area contributed by atoms with E-state index >= 15 is 0 Å². The monoisotopic (exact) mass is 265 g/mol. The molecule has 0 heterocycles. The maximum Gasteiger partial charge on any atom is 0.0408 e. The van der Waals surface area contributed by atoms with Crippen LogP contribution in [0.3, 0.4) is 0 Å². The minimum Gasteiger partial charge on any atom is -0.314 e. The van der Waals surface area contributed by atoms with E-state index in [9.17, 15) is 0 Å². The number of hydrogen-bond acceptors (Lipinski definition) is 1. The van der Waals surface area contributed by atoms with Gasteiger partial charge in [0.1, 0.15) is 0 Å². The van der Waals surface area contributed by atoms with Crippen LogP contribution in [0, 0.1) is 11.8 Å². The Morgan fingerprint density at radius 3 is 2.72 bits per heavy atom. The van der Waals surface area contributed by atoms with Gasteiger partial charge >= 0.3 is 0 Å². The Balaban J connectivity index is 1.89. The largest absolute Gasteiger partial charge is 0.314 e. The van der Waals surface area contributed by atoms with Gasteiger partial charge < -0.3 is 5.32 Å². The van der Waals surface area contributed by atoms with E-state index in [2.05, 4.69) is 37.4 Å². The Labute approximate surface area is 116 Å². The number of benzene rings is 1. The zero-order valence-corrected chi connectivity index (χ0v) is 12.2. The van der Waals surface area contributed by atoms with Crippen molar-refractivity contribution in [2.24, 2.45) is 11.8 Å². The van der Waals surface area contributed by atoms with Crippen LogP contribution in [-0.4, -0.2) is 12.6 Å². The van der Waals surface area contributed by atoms with Crippen molar-refractivity contribution in [3.05, 3.63) is 34.9 Å². The van der Waals surface area contributed by atoms with Crippen molar-refractivity contribution in [2.45, 2.75) is 45.6 Å². The first kappa shape index (κ1) is 13.9. The number of hydrogen-bond donors (Lipinski definition) is 1. The molecule has 1 N–H and O–H groups in total. The number of nitrogens with one attached hydrogen (secondary N) is 1. The molecule has 1 nitrogen and oxygen atoms in total. The fourth-order valence-corrected chi connectivity index (χ4v) is 2.74. The third kappa shape index (κ3) is 4.99. The molecule has 0 saturated heterocycles. The van der Waals surface area contributed by atoms with Crippen LogP contribution in [0.25, 0.3) is 0 Å². The van der Waals surface area contributed by atoms with E-state index in [4.69, 9.17) is 11.6 Å². The summed E-state index contributed by atoms with van der Waals surface area (Å²) >= 11 is 6.06. The molecule has 0 bridgehead atoms. The summed E-state index contributed by atoms with van der Waals surface area (Å²) in [5.41, 5.74) is 1.37. The third-order valence-corrected chi connectivity index (χ3v) is 3.73. The summed E-state index contributed by atoms with van der Waals surface area (Å²) in [6.45, 7) is 5.76. The van der Waals surface area contributed by atoms with Gasteiger partial charge in [0.05, 0.1) is 0 Å². The molecule has 18 heavy (non-hydrogen) atoms. The van der Waals surface area contributed by atoms with E-state index in [0.717, 1.165) is 35.9 Å². The maximum atomic E-state index is 6.06. The second-order valence-corrected chi connectivity index (χ2v) is 6.45. The minimum absolute atomic E-state index is 0.726. The molecular weight excluding hydrogens is 242 g/mol. The van der Waals surface area contributed by atoms with Gasteiger partial charge in [0.25, 0.3) is 0 Å².